The van der Waals surface area contributed by atoms with Crippen molar-refractivity contribution in [2.24, 2.45) is 5.73 Å². The second-order valence-electron chi connectivity index (χ2n) is 8.18. The molecule has 168 valence electrons. The van der Waals surface area contributed by atoms with Gasteiger partial charge in [-0.3, -0.25) is 9.59 Å². The molecule has 0 amide bonds. The Morgan fingerprint density at radius 2 is 1.07 bits per heavy atom. The van der Waals surface area contributed by atoms with Crippen molar-refractivity contribution in [1.82, 2.24) is 0 Å². The van der Waals surface area contributed by atoms with Crippen molar-refractivity contribution in [2.75, 3.05) is 0 Å². The molecular formula is C23H46NNaO4. The van der Waals surface area contributed by atoms with Gasteiger partial charge in [0.25, 0.3) is 0 Å². The summed E-state index contributed by atoms with van der Waals surface area (Å²) >= 11 is 1.41. The van der Waals surface area contributed by atoms with Crippen LogP contribution in [0.4, 0.5) is 0 Å². The largest absolute Gasteiger partial charge is 0.481 e. The molecule has 6 heteroatoms. The Labute approximate surface area is 197 Å². The van der Waals surface area contributed by atoms with E-state index in [2.05, 4.69) is 6.92 Å². The summed E-state index contributed by atoms with van der Waals surface area (Å²) in [6.45, 7) is 2.30. The summed E-state index contributed by atoms with van der Waals surface area (Å²) in [6, 6.07) is -1.06. The molecule has 0 aliphatic carbocycles. The van der Waals surface area contributed by atoms with Crippen molar-refractivity contribution in [3.05, 3.63) is 0 Å². The number of hydrogen-bond donors (Lipinski definition) is 3. The van der Waals surface area contributed by atoms with Gasteiger partial charge in [-0.15, -0.1) is 0 Å². The van der Waals surface area contributed by atoms with Crippen molar-refractivity contribution in [3.63, 3.8) is 0 Å². The fourth-order valence-electron chi connectivity index (χ4n) is 3.20. The quantitative estimate of drug-likeness (QED) is 0.162. The van der Waals surface area contributed by atoms with Crippen molar-refractivity contribution in [2.45, 2.75) is 132 Å². The Hall–Kier alpha value is -0.100. The third-order valence-corrected chi connectivity index (χ3v) is 5.90. The first kappa shape index (κ1) is 31.1. The third-order valence-electron chi connectivity index (χ3n) is 5.19. The minimum Gasteiger partial charge on any atom is -0.481 e. The van der Waals surface area contributed by atoms with E-state index in [9.17, 15) is 9.59 Å². The van der Waals surface area contributed by atoms with Gasteiger partial charge in [0.15, 0.2) is 0 Å². The van der Waals surface area contributed by atoms with Crippen LogP contribution in [0.2, 0.25) is 3.67 Å². The van der Waals surface area contributed by atoms with Crippen LogP contribution in [0.5, 0.6) is 0 Å². The molecule has 0 heterocycles. The first-order valence-electron chi connectivity index (χ1n) is 12.2. The van der Waals surface area contributed by atoms with Gasteiger partial charge in [-0.1, -0.05) is 39.0 Å². The Morgan fingerprint density at radius 3 is 1.34 bits per heavy atom. The number of carbonyl (C=O) groups is 2. The summed E-state index contributed by atoms with van der Waals surface area (Å²) in [5, 5.41) is 16.3. The van der Waals surface area contributed by atoms with E-state index in [-0.39, 0.29) is 12.8 Å². The number of rotatable bonds is 20. The summed E-state index contributed by atoms with van der Waals surface area (Å²) in [5.74, 6) is -2.20. The molecule has 0 aliphatic heterocycles. The predicted octanol–water partition coefficient (Wildman–Crippen LogP) is 6.10. The van der Waals surface area contributed by atoms with Crippen LogP contribution in [-0.4, -0.2) is 56.1 Å². The molecule has 0 spiro atoms. The van der Waals surface area contributed by atoms with E-state index in [1.165, 1.54) is 134 Å². The number of nitrogens with two attached hydrogens (primary N) is 1. The average Bonchev–Trinajstić information content (AvgIpc) is 2.69. The van der Waals surface area contributed by atoms with Crippen LogP contribution in [-0.2, 0) is 9.59 Å². The first-order chi connectivity index (χ1) is 14.0. The summed E-state index contributed by atoms with van der Waals surface area (Å²) in [7, 11) is 0. The van der Waals surface area contributed by atoms with Gasteiger partial charge >= 0.3 is 114 Å². The summed E-state index contributed by atoms with van der Waals surface area (Å²) in [5.41, 5.74) is 5.00. The molecule has 0 rings (SSSR count). The maximum Gasteiger partial charge on any atom is 0.320 e. The molecule has 0 saturated heterocycles. The molecule has 0 fully saturated rings. The molecular weight excluding hydrogens is 377 g/mol. The third kappa shape index (κ3) is 30.2. The molecule has 29 heavy (non-hydrogen) atoms. The monoisotopic (exact) mass is 423 g/mol. The SMILES string of the molecule is CCCCCCCCCCCCCCCCC[CH2][Na].N[C@@H](CCC(=O)O)C(=O)O. The van der Waals surface area contributed by atoms with E-state index in [1.54, 1.807) is 0 Å². The fourth-order valence-corrected chi connectivity index (χ4v) is 3.70. The van der Waals surface area contributed by atoms with E-state index in [0.717, 1.165) is 0 Å². The van der Waals surface area contributed by atoms with Gasteiger partial charge in [0.05, 0.1) is 0 Å². The van der Waals surface area contributed by atoms with Crippen molar-refractivity contribution in [1.29, 1.82) is 0 Å². The van der Waals surface area contributed by atoms with Gasteiger partial charge in [-0.25, -0.2) is 0 Å². The Balaban J connectivity index is 0. The molecule has 0 aromatic heterocycles. The van der Waals surface area contributed by atoms with Gasteiger partial charge in [-0.2, -0.15) is 0 Å². The summed E-state index contributed by atoms with van der Waals surface area (Å²) in [6.07, 6.45) is 23.5. The van der Waals surface area contributed by atoms with Crippen LogP contribution in [0.25, 0.3) is 0 Å². The van der Waals surface area contributed by atoms with Gasteiger partial charge < -0.3 is 15.9 Å². The van der Waals surface area contributed by atoms with Crippen molar-refractivity contribution >= 4 is 39.9 Å². The Bertz CT molecular complexity index is 351. The summed E-state index contributed by atoms with van der Waals surface area (Å²) < 4.78 is 1.51. The topological polar surface area (TPSA) is 101 Å². The van der Waals surface area contributed by atoms with Crippen LogP contribution in [0, 0.1) is 0 Å². The molecule has 0 bridgehead atoms. The summed E-state index contributed by atoms with van der Waals surface area (Å²) in [4.78, 5) is 19.9. The Kier molecular flexibility index (Phi) is 27.8. The van der Waals surface area contributed by atoms with Gasteiger partial charge in [0.2, 0.25) is 0 Å². The first-order valence-corrected chi connectivity index (χ1v) is 13.6. The van der Waals surface area contributed by atoms with E-state index >= 15 is 0 Å². The van der Waals surface area contributed by atoms with E-state index in [1.807, 2.05) is 0 Å². The molecule has 4 N–H and O–H groups in total. The van der Waals surface area contributed by atoms with E-state index < -0.39 is 18.0 Å². The van der Waals surface area contributed by atoms with Crippen LogP contribution in [0.3, 0.4) is 0 Å². The smallest absolute Gasteiger partial charge is 0.320 e. The molecule has 5 nitrogen and oxygen atoms in total. The number of hydrogen-bond acceptors (Lipinski definition) is 3. The maximum absolute atomic E-state index is 9.99. The zero-order valence-electron chi connectivity index (χ0n) is 19.3. The predicted molar refractivity (Wildman–Crippen MR) is 123 cm³/mol. The number of carboxylic acids is 2. The fraction of sp³-hybridized carbons (Fsp3) is 0.913. The number of aliphatic carboxylic acids is 2. The average molecular weight is 424 g/mol. The minimum absolute atomic E-state index is 0.0231. The van der Waals surface area contributed by atoms with Crippen molar-refractivity contribution in [3.8, 4) is 0 Å². The van der Waals surface area contributed by atoms with Crippen LogP contribution >= 0.6 is 0 Å². The second kappa shape index (κ2) is 25.9. The van der Waals surface area contributed by atoms with Gasteiger partial charge in [-0.05, 0) is 6.42 Å². The molecule has 0 aromatic rings. The molecule has 0 radical (unpaired) electrons. The van der Waals surface area contributed by atoms with Gasteiger partial charge in [0, 0.05) is 6.42 Å². The maximum atomic E-state index is 9.99. The molecule has 0 aromatic carbocycles. The van der Waals surface area contributed by atoms with E-state index in [4.69, 9.17) is 15.9 Å². The molecule has 1 atom stereocenters. The van der Waals surface area contributed by atoms with Crippen LogP contribution in [0.1, 0.15) is 122 Å². The minimum atomic E-state index is -1.17. The van der Waals surface area contributed by atoms with Gasteiger partial charge in [0.1, 0.15) is 6.04 Å². The zero-order valence-corrected chi connectivity index (χ0v) is 21.3. The normalized spacial score (nSPS) is 11.6. The Morgan fingerprint density at radius 1 is 0.724 bits per heavy atom. The van der Waals surface area contributed by atoms with E-state index in [0.29, 0.717) is 0 Å². The zero-order chi connectivity index (χ0) is 22.2. The number of carboxylic acid groups (broad SMARTS) is 2. The van der Waals surface area contributed by atoms with Crippen molar-refractivity contribution < 1.29 is 19.8 Å². The molecule has 0 unspecified atom stereocenters. The molecule has 0 saturated carbocycles. The number of unbranched alkanes of at least 4 members (excludes halogenated alkanes) is 15. The van der Waals surface area contributed by atoms with Crippen LogP contribution in [0.15, 0.2) is 0 Å². The second-order valence-corrected chi connectivity index (χ2v) is 9.18. The standard InChI is InChI=1S/C18H37.C5H9NO4.Na/c1-3-5-7-9-11-13-15-17-18-16-14-12-10-8-6-4-2;6-3(5(9)10)1-2-4(7)8;/h1,3-18H2,2H3;3H,1-2,6H2,(H,7,8)(H,9,10);/t;3-;/m.0./s1. The van der Waals surface area contributed by atoms with Crippen LogP contribution < -0.4 is 5.73 Å². The molecule has 0 aliphatic rings.